The minimum absolute atomic E-state index is 0.484. The summed E-state index contributed by atoms with van der Waals surface area (Å²) in [5, 5.41) is 3.35. The summed E-state index contributed by atoms with van der Waals surface area (Å²) >= 11 is 0. The van der Waals surface area contributed by atoms with Crippen molar-refractivity contribution in [1.82, 2.24) is 14.9 Å². The first-order valence-corrected chi connectivity index (χ1v) is 8.37. The molecule has 124 valence electrons. The highest BCUT2D eigenvalue weighted by Gasteiger charge is 2.28. The van der Waals surface area contributed by atoms with Gasteiger partial charge in [0.25, 0.3) is 0 Å². The van der Waals surface area contributed by atoms with Crippen LogP contribution in [0.4, 0.5) is 11.5 Å². The number of nitrogens with two attached hydrogens (primary N) is 1. The van der Waals surface area contributed by atoms with Crippen molar-refractivity contribution >= 4 is 11.5 Å². The van der Waals surface area contributed by atoms with Gasteiger partial charge in [-0.05, 0) is 45.3 Å². The lowest BCUT2D eigenvalue weighted by Gasteiger charge is -2.18. The molecule has 0 unspecified atom stereocenters. The van der Waals surface area contributed by atoms with Gasteiger partial charge >= 0.3 is 0 Å². The van der Waals surface area contributed by atoms with E-state index in [0.717, 1.165) is 57.1 Å². The van der Waals surface area contributed by atoms with Crippen LogP contribution in [0.3, 0.4) is 0 Å². The van der Waals surface area contributed by atoms with Crippen molar-refractivity contribution in [2.75, 3.05) is 44.3 Å². The van der Waals surface area contributed by atoms with E-state index in [1.807, 2.05) is 0 Å². The number of ether oxygens (including phenoxy) is 1. The Labute approximate surface area is 133 Å². The van der Waals surface area contributed by atoms with Gasteiger partial charge in [-0.15, -0.1) is 0 Å². The molecule has 1 aromatic rings. The van der Waals surface area contributed by atoms with Crippen molar-refractivity contribution in [2.24, 2.45) is 0 Å². The second-order valence-electron chi connectivity index (χ2n) is 5.79. The first kappa shape index (κ1) is 16.8. The molecule has 0 amide bonds. The van der Waals surface area contributed by atoms with Gasteiger partial charge in [-0.3, -0.25) is 0 Å². The summed E-state index contributed by atoms with van der Waals surface area (Å²) in [6.45, 7) is 8.65. The highest BCUT2D eigenvalue weighted by atomic mass is 16.5. The predicted octanol–water partition coefficient (Wildman–Crippen LogP) is 2.48. The fourth-order valence-corrected chi connectivity index (χ4v) is 2.49. The van der Waals surface area contributed by atoms with Gasteiger partial charge in [-0.2, -0.15) is 4.98 Å². The minimum atomic E-state index is 0.484. The lowest BCUT2D eigenvalue weighted by Crippen LogP contribution is -2.24. The Kier molecular flexibility index (Phi) is 6.24. The van der Waals surface area contributed by atoms with Crippen molar-refractivity contribution in [3.63, 3.8) is 0 Å². The molecule has 3 N–H and O–H groups in total. The van der Waals surface area contributed by atoms with Crippen molar-refractivity contribution in [3.05, 3.63) is 5.82 Å². The number of nitrogens with one attached hydrogen (secondary N) is 1. The van der Waals surface area contributed by atoms with Crippen LogP contribution >= 0.6 is 0 Å². The number of rotatable bonds is 10. The lowest BCUT2D eigenvalue weighted by atomic mass is 10.3. The maximum Gasteiger partial charge on any atom is 0.242 e. The SMILES string of the molecule is CCN(CC)CCCCNc1nc(C2CC2)nc(OC)c1N. The zero-order valence-electron chi connectivity index (χ0n) is 14.1. The first-order chi connectivity index (χ1) is 10.7. The Bertz CT molecular complexity index is 472. The van der Waals surface area contributed by atoms with Crippen molar-refractivity contribution in [3.8, 4) is 5.88 Å². The molecule has 0 radical (unpaired) electrons. The normalized spacial score (nSPS) is 14.4. The van der Waals surface area contributed by atoms with Crippen LogP contribution in [0.2, 0.25) is 0 Å². The van der Waals surface area contributed by atoms with Gasteiger partial charge in [-0.1, -0.05) is 13.8 Å². The number of hydrogen-bond acceptors (Lipinski definition) is 6. The zero-order valence-corrected chi connectivity index (χ0v) is 14.1. The van der Waals surface area contributed by atoms with Crippen molar-refractivity contribution in [1.29, 1.82) is 0 Å². The molecular formula is C16H29N5O. The van der Waals surface area contributed by atoms with Crippen LogP contribution in [-0.4, -0.2) is 48.2 Å². The molecule has 2 rings (SSSR count). The first-order valence-electron chi connectivity index (χ1n) is 8.37. The third-order valence-electron chi connectivity index (χ3n) is 4.15. The van der Waals surface area contributed by atoms with E-state index in [0.29, 0.717) is 17.5 Å². The molecule has 1 heterocycles. The average Bonchev–Trinajstić information content (AvgIpc) is 3.37. The van der Waals surface area contributed by atoms with Crippen LogP contribution in [0, 0.1) is 0 Å². The summed E-state index contributed by atoms with van der Waals surface area (Å²) < 4.78 is 5.27. The smallest absolute Gasteiger partial charge is 0.242 e. The van der Waals surface area contributed by atoms with Crippen molar-refractivity contribution in [2.45, 2.75) is 45.4 Å². The summed E-state index contributed by atoms with van der Waals surface area (Å²) in [6, 6.07) is 0. The van der Waals surface area contributed by atoms with Crippen LogP contribution in [0.1, 0.15) is 51.3 Å². The Morgan fingerprint density at radius 2 is 1.95 bits per heavy atom. The van der Waals surface area contributed by atoms with Crippen LogP contribution < -0.4 is 15.8 Å². The molecule has 6 heteroatoms. The van der Waals surface area contributed by atoms with E-state index in [1.165, 1.54) is 6.42 Å². The van der Waals surface area contributed by atoms with Gasteiger partial charge in [0.1, 0.15) is 11.5 Å². The minimum Gasteiger partial charge on any atom is -0.479 e. The maximum atomic E-state index is 6.07. The number of aromatic nitrogens is 2. The van der Waals surface area contributed by atoms with E-state index >= 15 is 0 Å². The Morgan fingerprint density at radius 1 is 1.23 bits per heavy atom. The van der Waals surface area contributed by atoms with E-state index < -0.39 is 0 Å². The van der Waals surface area contributed by atoms with E-state index in [4.69, 9.17) is 10.5 Å². The highest BCUT2D eigenvalue weighted by molar-refractivity contribution is 5.67. The molecule has 0 bridgehead atoms. The van der Waals surface area contributed by atoms with E-state index in [2.05, 4.69) is 34.0 Å². The van der Waals surface area contributed by atoms with Gasteiger partial charge < -0.3 is 20.7 Å². The summed E-state index contributed by atoms with van der Waals surface area (Å²) in [7, 11) is 1.60. The summed E-state index contributed by atoms with van der Waals surface area (Å²) in [5.41, 5.74) is 6.58. The molecule has 22 heavy (non-hydrogen) atoms. The van der Waals surface area contributed by atoms with Gasteiger partial charge in [0.2, 0.25) is 5.88 Å². The van der Waals surface area contributed by atoms with Crippen LogP contribution in [0.25, 0.3) is 0 Å². The molecule has 6 nitrogen and oxygen atoms in total. The van der Waals surface area contributed by atoms with E-state index in [9.17, 15) is 0 Å². The molecule has 0 aromatic carbocycles. The third-order valence-corrected chi connectivity index (χ3v) is 4.15. The topological polar surface area (TPSA) is 76.3 Å². The Balaban J connectivity index is 1.85. The third kappa shape index (κ3) is 4.47. The molecule has 0 spiro atoms. The lowest BCUT2D eigenvalue weighted by molar-refractivity contribution is 0.298. The Hall–Kier alpha value is -1.56. The molecule has 0 saturated heterocycles. The van der Waals surface area contributed by atoms with Gasteiger partial charge in [0.05, 0.1) is 7.11 Å². The number of nitrogen functional groups attached to an aromatic ring is 1. The van der Waals surface area contributed by atoms with Crippen LogP contribution in [0.15, 0.2) is 0 Å². The fourth-order valence-electron chi connectivity index (χ4n) is 2.49. The van der Waals surface area contributed by atoms with Crippen molar-refractivity contribution < 1.29 is 4.74 Å². The molecular weight excluding hydrogens is 278 g/mol. The monoisotopic (exact) mass is 307 g/mol. The molecule has 1 aliphatic carbocycles. The Morgan fingerprint density at radius 3 is 2.55 bits per heavy atom. The predicted molar refractivity (Wildman–Crippen MR) is 90.5 cm³/mol. The molecule has 1 aromatic heterocycles. The van der Waals surface area contributed by atoms with Gasteiger partial charge in [0, 0.05) is 12.5 Å². The van der Waals surface area contributed by atoms with E-state index in [-0.39, 0.29) is 0 Å². The molecule has 0 aliphatic heterocycles. The number of anilines is 2. The second-order valence-corrected chi connectivity index (χ2v) is 5.79. The molecule has 1 fully saturated rings. The van der Waals surface area contributed by atoms with Gasteiger partial charge in [0.15, 0.2) is 5.82 Å². The second kappa shape index (κ2) is 8.17. The van der Waals surface area contributed by atoms with E-state index in [1.54, 1.807) is 7.11 Å². The average molecular weight is 307 g/mol. The van der Waals surface area contributed by atoms with Crippen LogP contribution in [-0.2, 0) is 0 Å². The maximum absolute atomic E-state index is 6.07. The van der Waals surface area contributed by atoms with Gasteiger partial charge in [-0.25, -0.2) is 4.98 Å². The number of unbranched alkanes of at least 4 members (excludes halogenated alkanes) is 1. The zero-order chi connectivity index (χ0) is 15.9. The highest BCUT2D eigenvalue weighted by Crippen LogP contribution is 2.40. The quantitative estimate of drug-likeness (QED) is 0.647. The molecule has 1 saturated carbocycles. The molecule has 0 atom stereocenters. The summed E-state index contributed by atoms with van der Waals surface area (Å²) in [4.78, 5) is 11.4. The summed E-state index contributed by atoms with van der Waals surface area (Å²) in [5.74, 6) is 2.55. The number of methoxy groups -OCH3 is 1. The number of nitrogens with zero attached hydrogens (tertiary/aromatic N) is 3. The standard InChI is InChI=1S/C16H29N5O/c1-4-21(5-2)11-7-6-10-18-15-13(17)16(22-3)20-14(19-15)12-8-9-12/h12H,4-11,17H2,1-3H3,(H,18,19,20). The largest absolute Gasteiger partial charge is 0.479 e. The molecule has 1 aliphatic rings. The number of hydrogen-bond donors (Lipinski definition) is 2. The summed E-state index contributed by atoms with van der Waals surface area (Å²) in [6.07, 6.45) is 4.60. The van der Waals surface area contributed by atoms with Crippen LogP contribution in [0.5, 0.6) is 5.88 Å². The fraction of sp³-hybridized carbons (Fsp3) is 0.750.